The van der Waals surface area contributed by atoms with Crippen molar-refractivity contribution in [2.24, 2.45) is 5.73 Å². The fourth-order valence-electron chi connectivity index (χ4n) is 3.59. The number of nitrogens with zero attached hydrogens (tertiary/aromatic N) is 4. The second kappa shape index (κ2) is 7.13. The van der Waals surface area contributed by atoms with E-state index < -0.39 is 10.8 Å². The van der Waals surface area contributed by atoms with Crippen LogP contribution in [-0.2, 0) is 6.54 Å². The van der Waals surface area contributed by atoms with Gasteiger partial charge in [0, 0.05) is 12.1 Å². The quantitative estimate of drug-likeness (QED) is 0.541. The highest BCUT2D eigenvalue weighted by Gasteiger charge is 2.36. The Morgan fingerprint density at radius 1 is 1.28 bits per heavy atom. The molecule has 0 bridgehead atoms. The van der Waals surface area contributed by atoms with Crippen molar-refractivity contribution in [3.8, 4) is 11.9 Å². The largest absolute Gasteiger partial charge is 0.422 e. The molecule has 1 aromatic heterocycles. The summed E-state index contributed by atoms with van der Waals surface area (Å²) in [7, 11) is 0. The van der Waals surface area contributed by atoms with Gasteiger partial charge in [-0.2, -0.15) is 10.4 Å². The standard InChI is InChI=1S/C21H17N5O3/c1-13-18-19(15-8-5-9-16(10-15)26(27)28)17(11-22)20(23)29-21(18)25(24-13)12-14-6-3-2-4-7-14/h2-10,19H,12,23H2,1H3/t19-/m0/s1. The van der Waals surface area contributed by atoms with Crippen LogP contribution in [0.2, 0.25) is 0 Å². The smallest absolute Gasteiger partial charge is 0.269 e. The van der Waals surface area contributed by atoms with Gasteiger partial charge in [-0.05, 0) is 18.1 Å². The highest BCUT2D eigenvalue weighted by atomic mass is 16.6. The van der Waals surface area contributed by atoms with Gasteiger partial charge in [0.2, 0.25) is 11.8 Å². The summed E-state index contributed by atoms with van der Waals surface area (Å²) in [5, 5.41) is 25.5. The van der Waals surface area contributed by atoms with E-state index in [4.69, 9.17) is 10.5 Å². The first-order valence-corrected chi connectivity index (χ1v) is 8.92. The summed E-state index contributed by atoms with van der Waals surface area (Å²) in [4.78, 5) is 10.8. The molecule has 3 aromatic rings. The summed E-state index contributed by atoms with van der Waals surface area (Å²) in [5.41, 5.74) is 9.19. The summed E-state index contributed by atoms with van der Waals surface area (Å²) >= 11 is 0. The van der Waals surface area contributed by atoms with Crippen LogP contribution < -0.4 is 10.5 Å². The topological polar surface area (TPSA) is 120 Å². The molecule has 144 valence electrons. The van der Waals surface area contributed by atoms with E-state index in [0.29, 0.717) is 29.2 Å². The minimum atomic E-state index is -0.590. The number of nitro groups is 1. The third-order valence-corrected chi connectivity index (χ3v) is 4.88. The zero-order valence-corrected chi connectivity index (χ0v) is 15.6. The molecule has 2 heterocycles. The fourth-order valence-corrected chi connectivity index (χ4v) is 3.59. The first-order valence-electron chi connectivity index (χ1n) is 8.92. The van der Waals surface area contributed by atoms with Gasteiger partial charge in [-0.15, -0.1) is 0 Å². The number of hydrogen-bond donors (Lipinski definition) is 1. The van der Waals surface area contributed by atoms with Crippen LogP contribution in [-0.4, -0.2) is 14.7 Å². The van der Waals surface area contributed by atoms with Crippen LogP contribution in [0.25, 0.3) is 0 Å². The Kier molecular flexibility index (Phi) is 4.49. The average Bonchev–Trinajstić information content (AvgIpc) is 3.02. The van der Waals surface area contributed by atoms with Crippen LogP contribution in [0.4, 0.5) is 5.69 Å². The molecule has 2 N–H and O–H groups in total. The zero-order chi connectivity index (χ0) is 20.5. The fraction of sp³-hybridized carbons (Fsp3) is 0.143. The molecular weight excluding hydrogens is 370 g/mol. The van der Waals surface area contributed by atoms with Crippen LogP contribution in [0.1, 0.15) is 28.3 Å². The zero-order valence-electron chi connectivity index (χ0n) is 15.6. The minimum Gasteiger partial charge on any atom is -0.422 e. The SMILES string of the molecule is Cc1nn(Cc2ccccc2)c2c1[C@@H](c1cccc([N+](=O)[O-])c1)C(C#N)=C(N)O2. The number of nitriles is 1. The Labute approximate surface area is 166 Å². The number of non-ortho nitro benzene ring substituents is 1. The number of fused-ring (bicyclic) bond motifs is 1. The number of benzene rings is 2. The Balaban J connectivity index is 1.86. The molecule has 8 heteroatoms. The number of aryl methyl sites for hydroxylation is 1. The number of ether oxygens (including phenoxy) is 1. The van der Waals surface area contributed by atoms with Crippen molar-refractivity contribution in [2.75, 3.05) is 0 Å². The van der Waals surface area contributed by atoms with E-state index in [2.05, 4.69) is 11.2 Å². The number of rotatable bonds is 4. The van der Waals surface area contributed by atoms with Gasteiger partial charge in [-0.1, -0.05) is 42.5 Å². The van der Waals surface area contributed by atoms with Gasteiger partial charge >= 0.3 is 0 Å². The maximum Gasteiger partial charge on any atom is 0.269 e. The van der Waals surface area contributed by atoms with Gasteiger partial charge in [0.15, 0.2) is 0 Å². The van der Waals surface area contributed by atoms with Crippen LogP contribution in [0.3, 0.4) is 0 Å². The third kappa shape index (κ3) is 3.19. The number of hydrogen-bond acceptors (Lipinski definition) is 6. The van der Waals surface area contributed by atoms with E-state index in [-0.39, 0.29) is 17.1 Å². The molecule has 0 radical (unpaired) electrons. The lowest BCUT2D eigenvalue weighted by Crippen LogP contribution is -2.22. The highest BCUT2D eigenvalue weighted by Crippen LogP contribution is 2.44. The van der Waals surface area contributed by atoms with Crippen LogP contribution in [0, 0.1) is 28.4 Å². The van der Waals surface area contributed by atoms with Gasteiger partial charge in [0.25, 0.3) is 5.69 Å². The Bertz CT molecular complexity index is 1170. The van der Waals surface area contributed by atoms with Crippen LogP contribution in [0.5, 0.6) is 5.88 Å². The molecule has 0 saturated heterocycles. The molecular formula is C21H17N5O3. The Hall–Kier alpha value is -4.12. The molecule has 2 aromatic carbocycles. The van der Waals surface area contributed by atoms with E-state index in [1.807, 2.05) is 37.3 Å². The van der Waals surface area contributed by atoms with Gasteiger partial charge in [-0.3, -0.25) is 10.1 Å². The second-order valence-electron chi connectivity index (χ2n) is 6.72. The van der Waals surface area contributed by atoms with Crippen molar-refractivity contribution in [2.45, 2.75) is 19.4 Å². The molecule has 0 saturated carbocycles. The van der Waals surface area contributed by atoms with Gasteiger partial charge < -0.3 is 10.5 Å². The maximum atomic E-state index is 11.2. The number of allylic oxidation sites excluding steroid dienone is 1. The van der Waals surface area contributed by atoms with Crippen LogP contribution >= 0.6 is 0 Å². The number of nitro benzene ring substituents is 1. The summed E-state index contributed by atoms with van der Waals surface area (Å²) in [6.07, 6.45) is 0. The summed E-state index contributed by atoms with van der Waals surface area (Å²) in [6.45, 7) is 2.29. The molecule has 0 unspecified atom stereocenters. The molecule has 4 rings (SSSR count). The van der Waals surface area contributed by atoms with Crippen LogP contribution in [0.15, 0.2) is 66.1 Å². The molecule has 29 heavy (non-hydrogen) atoms. The molecule has 0 amide bonds. The molecule has 0 aliphatic carbocycles. The predicted octanol–water partition coefficient (Wildman–Crippen LogP) is 3.37. The van der Waals surface area contributed by atoms with E-state index in [1.54, 1.807) is 16.8 Å². The summed E-state index contributed by atoms with van der Waals surface area (Å²) in [6, 6.07) is 18.1. The minimum absolute atomic E-state index is 0.0225. The van der Waals surface area contributed by atoms with Crippen molar-refractivity contribution < 1.29 is 9.66 Å². The second-order valence-corrected chi connectivity index (χ2v) is 6.72. The first kappa shape index (κ1) is 18.3. The Morgan fingerprint density at radius 2 is 2.03 bits per heavy atom. The van der Waals surface area contributed by atoms with Gasteiger partial charge in [-0.25, -0.2) is 4.68 Å². The van der Waals surface area contributed by atoms with Crippen molar-refractivity contribution in [3.63, 3.8) is 0 Å². The van der Waals surface area contributed by atoms with Crippen molar-refractivity contribution >= 4 is 5.69 Å². The predicted molar refractivity (Wildman–Crippen MR) is 105 cm³/mol. The molecule has 0 fully saturated rings. The molecule has 1 aliphatic heterocycles. The molecule has 1 aliphatic rings. The average molecular weight is 387 g/mol. The monoisotopic (exact) mass is 387 g/mol. The number of nitrogens with two attached hydrogens (primary N) is 1. The highest BCUT2D eigenvalue weighted by molar-refractivity contribution is 5.56. The molecule has 1 atom stereocenters. The normalized spacial score (nSPS) is 15.4. The lowest BCUT2D eigenvalue weighted by molar-refractivity contribution is -0.384. The van der Waals surface area contributed by atoms with E-state index in [0.717, 1.165) is 5.56 Å². The van der Waals surface area contributed by atoms with E-state index >= 15 is 0 Å². The summed E-state index contributed by atoms with van der Waals surface area (Å²) in [5.74, 6) is -0.168. The van der Waals surface area contributed by atoms with E-state index in [1.165, 1.54) is 12.1 Å². The first-order chi connectivity index (χ1) is 14.0. The van der Waals surface area contributed by atoms with Crippen molar-refractivity contribution in [1.29, 1.82) is 5.26 Å². The van der Waals surface area contributed by atoms with E-state index in [9.17, 15) is 15.4 Å². The number of aromatic nitrogens is 2. The Morgan fingerprint density at radius 3 is 2.72 bits per heavy atom. The molecule has 8 nitrogen and oxygen atoms in total. The maximum absolute atomic E-state index is 11.2. The van der Waals surface area contributed by atoms with Crippen molar-refractivity contribution in [1.82, 2.24) is 9.78 Å². The third-order valence-electron chi connectivity index (χ3n) is 4.88. The lowest BCUT2D eigenvalue weighted by atomic mass is 9.84. The summed E-state index contributed by atoms with van der Waals surface area (Å²) < 4.78 is 7.49. The molecule has 0 spiro atoms. The van der Waals surface area contributed by atoms with Gasteiger partial charge in [0.1, 0.15) is 11.6 Å². The van der Waals surface area contributed by atoms with Crippen molar-refractivity contribution in [3.05, 3.63) is 98.6 Å². The van der Waals surface area contributed by atoms with Gasteiger partial charge in [0.05, 0.1) is 28.6 Å². The lowest BCUT2D eigenvalue weighted by Gasteiger charge is -2.24.